The SMILES string of the molecule is CCOC(=O)N1CCC2(CC(N3CCC([C@@H]4CCCN4C(O)OCCN(C)C)CC3)C2)C1. The van der Waals surface area contributed by atoms with Gasteiger partial charge >= 0.3 is 6.09 Å². The molecule has 3 heterocycles. The van der Waals surface area contributed by atoms with E-state index in [0.717, 1.165) is 52.1 Å². The minimum atomic E-state index is -0.767. The molecular weight excluding hydrogens is 408 g/mol. The zero-order valence-electron chi connectivity index (χ0n) is 20.4. The molecule has 32 heavy (non-hydrogen) atoms. The van der Waals surface area contributed by atoms with Crippen molar-refractivity contribution < 1.29 is 19.4 Å². The number of likely N-dealkylation sites (N-methyl/N-ethyl adjacent to an activating group) is 1. The predicted octanol–water partition coefficient (Wildman–Crippen LogP) is 2.03. The summed E-state index contributed by atoms with van der Waals surface area (Å²) in [5, 5.41) is 10.6. The van der Waals surface area contributed by atoms with E-state index in [1.165, 1.54) is 32.1 Å². The average Bonchev–Trinajstić information content (AvgIpc) is 3.41. The van der Waals surface area contributed by atoms with E-state index in [-0.39, 0.29) is 6.09 Å². The number of nitrogens with zero attached hydrogens (tertiary/aromatic N) is 4. The average molecular weight is 453 g/mol. The second-order valence-electron chi connectivity index (χ2n) is 10.8. The fourth-order valence-corrected chi connectivity index (χ4v) is 6.54. The monoisotopic (exact) mass is 452 g/mol. The summed E-state index contributed by atoms with van der Waals surface area (Å²) in [6.07, 6.45) is 7.42. The summed E-state index contributed by atoms with van der Waals surface area (Å²) in [7, 11) is 4.05. The summed E-state index contributed by atoms with van der Waals surface area (Å²) in [4.78, 5) is 20.9. The molecule has 1 N–H and O–H groups in total. The molecule has 0 aromatic rings. The van der Waals surface area contributed by atoms with Gasteiger partial charge in [-0.25, -0.2) is 4.79 Å². The molecule has 3 saturated heterocycles. The number of hydrogen-bond donors (Lipinski definition) is 1. The molecule has 0 bridgehead atoms. The number of aliphatic hydroxyl groups excluding tert-OH is 1. The van der Waals surface area contributed by atoms with Crippen molar-refractivity contribution in [3.8, 4) is 0 Å². The number of carbonyl (C=O) groups excluding carboxylic acids is 1. The lowest BCUT2D eigenvalue weighted by atomic mass is 9.64. The van der Waals surface area contributed by atoms with Gasteiger partial charge < -0.3 is 29.3 Å². The highest BCUT2D eigenvalue weighted by Crippen LogP contribution is 2.51. The molecule has 2 atom stereocenters. The van der Waals surface area contributed by atoms with Crippen LogP contribution in [-0.4, -0.2) is 116 Å². The van der Waals surface area contributed by atoms with Crippen molar-refractivity contribution in [2.45, 2.75) is 70.4 Å². The van der Waals surface area contributed by atoms with Gasteiger partial charge in [0.05, 0.1) is 13.2 Å². The van der Waals surface area contributed by atoms with Crippen LogP contribution in [0.5, 0.6) is 0 Å². The summed E-state index contributed by atoms with van der Waals surface area (Å²) in [6.45, 7) is 8.71. The topological polar surface area (TPSA) is 68.7 Å². The Labute approximate surface area is 193 Å². The fraction of sp³-hybridized carbons (Fsp3) is 0.958. The van der Waals surface area contributed by atoms with Crippen LogP contribution in [0.2, 0.25) is 0 Å². The third kappa shape index (κ3) is 5.41. The fourth-order valence-electron chi connectivity index (χ4n) is 6.54. The van der Waals surface area contributed by atoms with Crippen molar-refractivity contribution in [1.82, 2.24) is 19.6 Å². The second-order valence-corrected chi connectivity index (χ2v) is 10.8. The molecule has 1 saturated carbocycles. The Hall–Kier alpha value is -0.930. The van der Waals surface area contributed by atoms with Crippen molar-refractivity contribution in [3.63, 3.8) is 0 Å². The molecule has 1 spiro atoms. The molecular formula is C24H44N4O4. The minimum absolute atomic E-state index is 0.136. The van der Waals surface area contributed by atoms with E-state index in [4.69, 9.17) is 9.47 Å². The van der Waals surface area contributed by atoms with Crippen LogP contribution in [0.25, 0.3) is 0 Å². The van der Waals surface area contributed by atoms with Crippen LogP contribution in [0.1, 0.15) is 51.9 Å². The highest BCUT2D eigenvalue weighted by molar-refractivity contribution is 5.68. The van der Waals surface area contributed by atoms with Gasteiger partial charge in [0.15, 0.2) is 0 Å². The van der Waals surface area contributed by atoms with E-state index in [9.17, 15) is 9.90 Å². The van der Waals surface area contributed by atoms with Crippen LogP contribution < -0.4 is 0 Å². The first-order valence-electron chi connectivity index (χ1n) is 12.8. The van der Waals surface area contributed by atoms with Gasteiger partial charge in [-0.05, 0) is 90.4 Å². The third-order valence-electron chi connectivity index (χ3n) is 8.37. The van der Waals surface area contributed by atoms with Gasteiger partial charge in [-0.15, -0.1) is 0 Å². The highest BCUT2D eigenvalue weighted by atomic mass is 16.6. The number of amides is 1. The van der Waals surface area contributed by atoms with Crippen LogP contribution >= 0.6 is 0 Å². The van der Waals surface area contributed by atoms with Crippen LogP contribution in [0, 0.1) is 11.3 Å². The Balaban J connectivity index is 1.19. The second kappa shape index (κ2) is 10.6. The quantitative estimate of drug-likeness (QED) is 0.565. The maximum absolute atomic E-state index is 12.0. The van der Waals surface area contributed by atoms with E-state index in [0.29, 0.717) is 36.6 Å². The maximum atomic E-state index is 12.0. The van der Waals surface area contributed by atoms with E-state index in [1.807, 2.05) is 25.9 Å². The molecule has 4 fully saturated rings. The summed E-state index contributed by atoms with van der Waals surface area (Å²) < 4.78 is 10.9. The molecule has 8 nitrogen and oxygen atoms in total. The van der Waals surface area contributed by atoms with Gasteiger partial charge in [0.25, 0.3) is 0 Å². The molecule has 3 aliphatic heterocycles. The molecule has 1 aliphatic carbocycles. The number of aliphatic hydroxyl groups is 1. The largest absolute Gasteiger partial charge is 0.450 e. The molecule has 1 amide bonds. The Morgan fingerprint density at radius 1 is 1.16 bits per heavy atom. The van der Waals surface area contributed by atoms with Crippen LogP contribution in [0.15, 0.2) is 0 Å². The maximum Gasteiger partial charge on any atom is 0.409 e. The number of rotatable bonds is 8. The van der Waals surface area contributed by atoms with Crippen molar-refractivity contribution in [3.05, 3.63) is 0 Å². The smallest absolute Gasteiger partial charge is 0.409 e. The molecule has 1 unspecified atom stereocenters. The number of ether oxygens (including phenoxy) is 2. The molecule has 184 valence electrons. The van der Waals surface area contributed by atoms with Gasteiger partial charge in [0.2, 0.25) is 6.41 Å². The summed E-state index contributed by atoms with van der Waals surface area (Å²) in [5.41, 5.74) is 0.338. The lowest BCUT2D eigenvalue weighted by Crippen LogP contribution is -2.55. The van der Waals surface area contributed by atoms with Crippen molar-refractivity contribution in [2.75, 3.05) is 66.6 Å². The molecule has 0 aromatic heterocycles. The first kappa shape index (κ1) is 24.2. The van der Waals surface area contributed by atoms with Crippen LogP contribution in [0.4, 0.5) is 4.79 Å². The first-order valence-corrected chi connectivity index (χ1v) is 12.8. The van der Waals surface area contributed by atoms with Crippen molar-refractivity contribution in [1.29, 1.82) is 0 Å². The van der Waals surface area contributed by atoms with Gasteiger partial charge in [-0.2, -0.15) is 0 Å². The normalized spacial score (nSPS) is 33.2. The molecule has 4 aliphatic rings. The molecule has 0 radical (unpaired) electrons. The Kier molecular flexibility index (Phi) is 7.98. The standard InChI is InChI=1S/C24H44N4O4/c1-4-31-22(29)27-13-9-24(18-27)16-20(17-24)26-11-7-19(8-12-26)21-6-5-10-28(21)23(30)32-15-14-25(2)3/h19-21,23,30H,4-18H2,1-3H3/t20?,21-,23?,24?/m0/s1. The number of likely N-dealkylation sites (tertiary alicyclic amines) is 3. The third-order valence-corrected chi connectivity index (χ3v) is 8.37. The Bertz CT molecular complexity index is 619. The van der Waals surface area contributed by atoms with E-state index in [2.05, 4.69) is 14.7 Å². The van der Waals surface area contributed by atoms with E-state index >= 15 is 0 Å². The van der Waals surface area contributed by atoms with Crippen molar-refractivity contribution in [2.24, 2.45) is 11.3 Å². The van der Waals surface area contributed by atoms with E-state index in [1.54, 1.807) is 0 Å². The molecule has 4 rings (SSSR count). The zero-order valence-corrected chi connectivity index (χ0v) is 20.4. The lowest BCUT2D eigenvalue weighted by Gasteiger charge is -2.52. The number of piperidine rings is 1. The molecule has 0 aromatic carbocycles. The van der Waals surface area contributed by atoms with Gasteiger partial charge in [-0.1, -0.05) is 0 Å². The van der Waals surface area contributed by atoms with Gasteiger partial charge in [0.1, 0.15) is 0 Å². The summed E-state index contributed by atoms with van der Waals surface area (Å²) in [6, 6.07) is 1.13. The van der Waals surface area contributed by atoms with Gasteiger partial charge in [-0.3, -0.25) is 4.90 Å². The molecule has 8 heteroatoms. The highest BCUT2D eigenvalue weighted by Gasteiger charge is 2.51. The number of hydrogen-bond acceptors (Lipinski definition) is 7. The first-order chi connectivity index (χ1) is 15.4. The van der Waals surface area contributed by atoms with Crippen LogP contribution in [-0.2, 0) is 9.47 Å². The lowest BCUT2D eigenvalue weighted by molar-refractivity contribution is -0.204. The summed E-state index contributed by atoms with van der Waals surface area (Å²) >= 11 is 0. The van der Waals surface area contributed by atoms with Gasteiger partial charge in [0, 0.05) is 38.3 Å². The Morgan fingerprint density at radius 2 is 1.91 bits per heavy atom. The summed E-state index contributed by atoms with van der Waals surface area (Å²) in [5.74, 6) is 0.653. The van der Waals surface area contributed by atoms with Crippen molar-refractivity contribution >= 4 is 6.09 Å². The zero-order chi connectivity index (χ0) is 22.7. The minimum Gasteiger partial charge on any atom is -0.450 e. The predicted molar refractivity (Wildman–Crippen MR) is 123 cm³/mol. The number of carbonyl (C=O) groups is 1. The van der Waals surface area contributed by atoms with Crippen LogP contribution in [0.3, 0.4) is 0 Å². The van der Waals surface area contributed by atoms with E-state index < -0.39 is 6.41 Å². The Morgan fingerprint density at radius 3 is 2.59 bits per heavy atom.